The lowest BCUT2D eigenvalue weighted by molar-refractivity contribution is 0.441. The maximum Gasteiger partial charge on any atom is 0.219 e. The second-order valence-corrected chi connectivity index (χ2v) is 7.84. The zero-order valence-electron chi connectivity index (χ0n) is 10.6. The third-order valence-electron chi connectivity index (χ3n) is 2.53. The second-order valence-electron chi connectivity index (χ2n) is 5.04. The van der Waals surface area contributed by atoms with Crippen LogP contribution in [-0.4, -0.2) is 29.6 Å². The van der Waals surface area contributed by atoms with Crippen molar-refractivity contribution in [1.82, 2.24) is 4.31 Å². The molecule has 0 bridgehead atoms. The van der Waals surface area contributed by atoms with Gasteiger partial charge in [-0.1, -0.05) is 12.1 Å². The first kappa shape index (κ1) is 14.0. The van der Waals surface area contributed by atoms with Crippen LogP contribution in [0.5, 0.6) is 5.75 Å². The first-order valence-electron chi connectivity index (χ1n) is 5.38. The van der Waals surface area contributed by atoms with Crippen LogP contribution in [0.4, 0.5) is 0 Å². The summed E-state index contributed by atoms with van der Waals surface area (Å²) >= 11 is 0. The monoisotopic (exact) mass is 257 g/mol. The van der Waals surface area contributed by atoms with E-state index in [9.17, 15) is 8.42 Å². The van der Waals surface area contributed by atoms with Gasteiger partial charge in [0.05, 0.1) is 4.75 Å². The van der Waals surface area contributed by atoms with Crippen molar-refractivity contribution in [3.05, 3.63) is 29.8 Å². The summed E-state index contributed by atoms with van der Waals surface area (Å²) in [6.45, 7) is 5.33. The molecular formula is C12H19NO3S. The summed E-state index contributed by atoms with van der Waals surface area (Å²) in [6.07, 6.45) is 0. The smallest absolute Gasteiger partial charge is 0.219 e. The molecule has 0 aromatic heterocycles. The highest BCUT2D eigenvalue weighted by Crippen LogP contribution is 2.21. The van der Waals surface area contributed by atoms with Gasteiger partial charge in [-0.15, -0.1) is 0 Å². The predicted molar refractivity (Wildman–Crippen MR) is 68.2 cm³/mol. The Kier molecular flexibility index (Phi) is 3.84. The molecule has 0 atom stereocenters. The van der Waals surface area contributed by atoms with E-state index in [1.807, 2.05) is 0 Å². The van der Waals surface area contributed by atoms with Gasteiger partial charge in [0.15, 0.2) is 0 Å². The molecule has 1 aromatic carbocycles. The Bertz CT molecular complexity index is 471. The molecule has 0 fully saturated rings. The lowest BCUT2D eigenvalue weighted by atomic mass is 10.2. The Balaban J connectivity index is 2.87. The van der Waals surface area contributed by atoms with Crippen LogP contribution in [0.1, 0.15) is 26.3 Å². The molecule has 0 saturated carbocycles. The van der Waals surface area contributed by atoms with E-state index in [1.54, 1.807) is 52.1 Å². The number of benzene rings is 1. The van der Waals surface area contributed by atoms with Crippen molar-refractivity contribution in [3.8, 4) is 5.75 Å². The van der Waals surface area contributed by atoms with Crippen LogP contribution in [0.2, 0.25) is 0 Å². The number of aromatic hydroxyl groups is 1. The van der Waals surface area contributed by atoms with Gasteiger partial charge in [-0.2, -0.15) is 0 Å². The van der Waals surface area contributed by atoms with Crippen LogP contribution in [0.15, 0.2) is 24.3 Å². The Morgan fingerprint density at radius 1 is 1.18 bits per heavy atom. The minimum absolute atomic E-state index is 0.176. The average Bonchev–Trinajstić information content (AvgIpc) is 2.19. The summed E-state index contributed by atoms with van der Waals surface area (Å²) in [4.78, 5) is 0. The van der Waals surface area contributed by atoms with Crippen LogP contribution in [-0.2, 0) is 16.6 Å². The lowest BCUT2D eigenvalue weighted by Crippen LogP contribution is -2.40. The second kappa shape index (κ2) is 4.66. The molecule has 0 saturated heterocycles. The fourth-order valence-electron chi connectivity index (χ4n) is 1.41. The van der Waals surface area contributed by atoms with Crippen LogP contribution >= 0.6 is 0 Å². The maximum absolute atomic E-state index is 12.1. The molecule has 1 aromatic rings. The standard InChI is InChI=1S/C12H19NO3S/c1-12(2,3)17(15,16)13(4)9-10-5-7-11(14)8-6-10/h5-8,14H,9H2,1-4H3. The number of sulfonamides is 1. The molecule has 0 spiro atoms. The van der Waals surface area contributed by atoms with Gasteiger partial charge in [0.25, 0.3) is 0 Å². The first-order valence-corrected chi connectivity index (χ1v) is 6.82. The fraction of sp³-hybridized carbons (Fsp3) is 0.500. The van der Waals surface area contributed by atoms with E-state index in [2.05, 4.69) is 0 Å². The Morgan fingerprint density at radius 3 is 2.06 bits per heavy atom. The summed E-state index contributed by atoms with van der Waals surface area (Å²) in [5.41, 5.74) is 0.845. The molecule has 5 heteroatoms. The number of phenolic OH excluding ortho intramolecular Hbond substituents is 1. The zero-order chi connectivity index (χ0) is 13.3. The van der Waals surface area contributed by atoms with Gasteiger partial charge in [0, 0.05) is 13.6 Å². The molecule has 0 aliphatic carbocycles. The summed E-state index contributed by atoms with van der Waals surface area (Å²) in [6, 6.07) is 6.52. The van der Waals surface area contributed by atoms with Crippen LogP contribution < -0.4 is 0 Å². The van der Waals surface area contributed by atoms with Crippen LogP contribution in [0, 0.1) is 0 Å². The molecule has 0 radical (unpaired) electrons. The Labute approximate surface area is 103 Å². The third-order valence-corrected chi connectivity index (χ3v) is 5.02. The lowest BCUT2D eigenvalue weighted by Gasteiger charge is -2.26. The molecule has 0 aliphatic heterocycles. The van der Waals surface area contributed by atoms with Crippen molar-refractivity contribution < 1.29 is 13.5 Å². The van der Waals surface area contributed by atoms with E-state index in [1.165, 1.54) is 4.31 Å². The third kappa shape index (κ3) is 3.20. The van der Waals surface area contributed by atoms with Gasteiger partial charge in [0.1, 0.15) is 5.75 Å². The fourth-order valence-corrected chi connectivity index (χ4v) is 2.67. The van der Waals surface area contributed by atoms with Gasteiger partial charge < -0.3 is 5.11 Å². The Hall–Kier alpha value is -1.07. The molecule has 0 aliphatic rings. The highest BCUT2D eigenvalue weighted by Gasteiger charge is 2.32. The topological polar surface area (TPSA) is 57.6 Å². The molecule has 0 amide bonds. The van der Waals surface area contributed by atoms with E-state index in [4.69, 9.17) is 5.11 Å². The summed E-state index contributed by atoms with van der Waals surface area (Å²) in [7, 11) is -1.75. The molecule has 0 heterocycles. The van der Waals surface area contributed by atoms with Gasteiger partial charge in [-0.3, -0.25) is 0 Å². The van der Waals surface area contributed by atoms with Crippen molar-refractivity contribution in [1.29, 1.82) is 0 Å². The van der Waals surface area contributed by atoms with E-state index in [0.717, 1.165) is 5.56 Å². The quantitative estimate of drug-likeness (QED) is 0.900. The first-order chi connectivity index (χ1) is 7.64. The number of nitrogens with zero attached hydrogens (tertiary/aromatic N) is 1. The normalized spacial score (nSPS) is 13.0. The molecular weight excluding hydrogens is 238 g/mol. The highest BCUT2D eigenvalue weighted by atomic mass is 32.2. The van der Waals surface area contributed by atoms with E-state index < -0.39 is 14.8 Å². The van der Waals surface area contributed by atoms with Crippen LogP contribution in [0.3, 0.4) is 0 Å². The van der Waals surface area contributed by atoms with Gasteiger partial charge in [0.2, 0.25) is 10.0 Å². The minimum Gasteiger partial charge on any atom is -0.508 e. The Morgan fingerprint density at radius 2 is 1.65 bits per heavy atom. The van der Waals surface area contributed by atoms with E-state index >= 15 is 0 Å². The summed E-state index contributed by atoms with van der Waals surface area (Å²) in [5, 5.41) is 9.15. The number of phenols is 1. The molecule has 17 heavy (non-hydrogen) atoms. The van der Waals surface area contributed by atoms with Crippen molar-refractivity contribution in [2.75, 3.05) is 7.05 Å². The van der Waals surface area contributed by atoms with E-state index in [-0.39, 0.29) is 5.75 Å². The SMILES string of the molecule is CN(Cc1ccc(O)cc1)S(=O)(=O)C(C)(C)C. The molecule has 1 N–H and O–H groups in total. The molecule has 4 nitrogen and oxygen atoms in total. The summed E-state index contributed by atoms with van der Waals surface area (Å²) < 4.78 is 24.7. The van der Waals surface area contributed by atoms with Crippen LogP contribution in [0.25, 0.3) is 0 Å². The van der Waals surface area contributed by atoms with Gasteiger partial charge in [-0.05, 0) is 38.5 Å². The average molecular weight is 257 g/mol. The number of rotatable bonds is 3. The largest absolute Gasteiger partial charge is 0.508 e. The molecule has 1 rings (SSSR count). The zero-order valence-corrected chi connectivity index (χ0v) is 11.5. The maximum atomic E-state index is 12.1. The van der Waals surface area contributed by atoms with Crippen molar-refractivity contribution in [2.45, 2.75) is 32.1 Å². The molecule has 96 valence electrons. The molecule has 0 unspecified atom stereocenters. The number of hydrogen-bond acceptors (Lipinski definition) is 3. The van der Waals surface area contributed by atoms with Gasteiger partial charge >= 0.3 is 0 Å². The van der Waals surface area contributed by atoms with Crippen molar-refractivity contribution in [2.24, 2.45) is 0 Å². The van der Waals surface area contributed by atoms with E-state index in [0.29, 0.717) is 6.54 Å². The summed E-state index contributed by atoms with van der Waals surface area (Å²) in [5.74, 6) is 0.176. The number of hydrogen-bond donors (Lipinski definition) is 1. The predicted octanol–water partition coefficient (Wildman–Crippen LogP) is 1.95. The van der Waals surface area contributed by atoms with Crippen molar-refractivity contribution in [3.63, 3.8) is 0 Å². The van der Waals surface area contributed by atoms with Gasteiger partial charge in [-0.25, -0.2) is 12.7 Å². The minimum atomic E-state index is -3.31. The highest BCUT2D eigenvalue weighted by molar-refractivity contribution is 7.90. The van der Waals surface area contributed by atoms with Crippen molar-refractivity contribution >= 4 is 10.0 Å².